The van der Waals surface area contributed by atoms with Gasteiger partial charge in [0, 0.05) is 43.8 Å². The Bertz CT molecular complexity index is 879. The number of carbonyl (C=O) groups is 1. The van der Waals surface area contributed by atoms with E-state index < -0.39 is 0 Å². The topological polar surface area (TPSA) is 36.0 Å². The van der Waals surface area contributed by atoms with Crippen molar-refractivity contribution >= 4 is 5.91 Å². The van der Waals surface area contributed by atoms with E-state index in [2.05, 4.69) is 60.9 Å². The van der Waals surface area contributed by atoms with Gasteiger partial charge in [-0.1, -0.05) is 31.2 Å². The van der Waals surface area contributed by atoms with Crippen molar-refractivity contribution in [1.29, 1.82) is 0 Å². The molecule has 0 N–H and O–H groups in total. The van der Waals surface area contributed by atoms with Gasteiger partial charge in [0.2, 0.25) is 0 Å². The van der Waals surface area contributed by atoms with Crippen molar-refractivity contribution < 1.29 is 9.53 Å². The Labute approximate surface area is 194 Å². The maximum absolute atomic E-state index is 12.8. The van der Waals surface area contributed by atoms with E-state index in [0.717, 1.165) is 44.0 Å². The van der Waals surface area contributed by atoms with Crippen LogP contribution in [0.25, 0.3) is 0 Å². The predicted molar refractivity (Wildman–Crippen MR) is 131 cm³/mol. The molecule has 5 heteroatoms. The highest BCUT2D eigenvalue weighted by atomic mass is 16.5. The van der Waals surface area contributed by atoms with E-state index in [1.807, 2.05) is 36.9 Å². The van der Waals surface area contributed by atoms with E-state index >= 15 is 0 Å². The first-order valence-corrected chi connectivity index (χ1v) is 12.0. The average molecular weight is 438 g/mol. The molecule has 5 nitrogen and oxygen atoms in total. The third kappa shape index (κ3) is 5.16. The van der Waals surface area contributed by atoms with E-state index in [0.29, 0.717) is 12.1 Å². The highest BCUT2D eigenvalue weighted by molar-refractivity contribution is 5.94. The lowest BCUT2D eigenvalue weighted by atomic mass is 9.92. The van der Waals surface area contributed by atoms with Gasteiger partial charge in [-0.05, 0) is 69.6 Å². The summed E-state index contributed by atoms with van der Waals surface area (Å²) in [6.45, 7) is 15.5. The molecule has 1 fully saturated rings. The van der Waals surface area contributed by atoms with Crippen molar-refractivity contribution in [1.82, 2.24) is 14.7 Å². The smallest absolute Gasteiger partial charge is 0.253 e. The number of amides is 1. The average Bonchev–Trinajstić information content (AvgIpc) is 2.82. The van der Waals surface area contributed by atoms with Gasteiger partial charge in [-0.25, -0.2) is 0 Å². The monoisotopic (exact) mass is 437 g/mol. The number of methoxy groups -OCH3 is 1. The number of piperazine rings is 1. The molecule has 174 valence electrons. The third-order valence-electron chi connectivity index (χ3n) is 6.83. The predicted octanol–water partition coefficient (Wildman–Crippen LogP) is 4.68. The Balaban J connectivity index is 1.99. The summed E-state index contributed by atoms with van der Waals surface area (Å²) in [5.74, 6) is 0.965. The SMILES string of the molecule is CCN(CC)C(=O)c1ccc([C@H](c2cccc(OC)c2)N2C[C@@H](C)N(CC)C[C@@H]2C)cc1. The molecule has 0 spiro atoms. The highest BCUT2D eigenvalue weighted by Crippen LogP contribution is 2.34. The second kappa shape index (κ2) is 11.0. The first-order valence-electron chi connectivity index (χ1n) is 12.0. The van der Waals surface area contributed by atoms with Crippen LogP contribution in [-0.4, -0.2) is 72.5 Å². The molecule has 1 aliphatic rings. The molecule has 3 rings (SSSR count). The summed E-state index contributed by atoms with van der Waals surface area (Å²) in [5.41, 5.74) is 3.17. The molecule has 1 saturated heterocycles. The van der Waals surface area contributed by atoms with Gasteiger partial charge >= 0.3 is 0 Å². The van der Waals surface area contributed by atoms with Crippen molar-refractivity contribution in [3.05, 3.63) is 65.2 Å². The molecule has 1 heterocycles. The minimum absolute atomic E-state index is 0.0954. The number of carbonyl (C=O) groups excluding carboxylic acids is 1. The molecule has 2 aromatic rings. The van der Waals surface area contributed by atoms with Crippen LogP contribution in [0.4, 0.5) is 0 Å². The van der Waals surface area contributed by atoms with Gasteiger partial charge < -0.3 is 9.64 Å². The first kappa shape index (κ1) is 24.3. The lowest BCUT2D eigenvalue weighted by Gasteiger charge is -2.47. The normalized spacial score (nSPS) is 20.7. The molecule has 0 aromatic heterocycles. The fourth-order valence-electron chi connectivity index (χ4n) is 4.91. The minimum atomic E-state index is 0.0954. The molecule has 32 heavy (non-hydrogen) atoms. The number of hydrogen-bond acceptors (Lipinski definition) is 4. The van der Waals surface area contributed by atoms with E-state index in [9.17, 15) is 4.79 Å². The molecule has 3 atom stereocenters. The highest BCUT2D eigenvalue weighted by Gasteiger charge is 2.34. The van der Waals surface area contributed by atoms with Crippen molar-refractivity contribution in [3.63, 3.8) is 0 Å². The Kier molecular flexibility index (Phi) is 8.32. The fraction of sp³-hybridized carbons (Fsp3) is 0.519. The maximum atomic E-state index is 12.8. The van der Waals surface area contributed by atoms with E-state index in [1.165, 1.54) is 11.1 Å². The minimum Gasteiger partial charge on any atom is -0.497 e. The summed E-state index contributed by atoms with van der Waals surface area (Å²) in [4.78, 5) is 19.8. The molecular weight excluding hydrogens is 398 g/mol. The third-order valence-corrected chi connectivity index (χ3v) is 6.83. The number of nitrogens with zero attached hydrogens (tertiary/aromatic N) is 3. The first-order chi connectivity index (χ1) is 15.4. The zero-order chi connectivity index (χ0) is 23.3. The molecule has 0 bridgehead atoms. The number of rotatable bonds is 8. The van der Waals surface area contributed by atoms with Gasteiger partial charge in [-0.2, -0.15) is 0 Å². The Morgan fingerprint density at radius 2 is 1.69 bits per heavy atom. The van der Waals surface area contributed by atoms with Crippen molar-refractivity contribution in [3.8, 4) is 5.75 Å². The van der Waals surface area contributed by atoms with Crippen LogP contribution < -0.4 is 4.74 Å². The summed E-state index contributed by atoms with van der Waals surface area (Å²) in [6, 6.07) is 17.6. The van der Waals surface area contributed by atoms with E-state index in [4.69, 9.17) is 4.74 Å². The van der Waals surface area contributed by atoms with Crippen LogP contribution in [0.3, 0.4) is 0 Å². The molecule has 2 aromatic carbocycles. The number of ether oxygens (including phenoxy) is 1. The van der Waals surface area contributed by atoms with Crippen LogP contribution >= 0.6 is 0 Å². The summed E-state index contributed by atoms with van der Waals surface area (Å²) in [6.07, 6.45) is 0. The number of hydrogen-bond donors (Lipinski definition) is 0. The Morgan fingerprint density at radius 1 is 1.00 bits per heavy atom. The van der Waals surface area contributed by atoms with Gasteiger partial charge in [0.05, 0.1) is 13.2 Å². The van der Waals surface area contributed by atoms with Crippen LogP contribution in [0, 0.1) is 0 Å². The van der Waals surface area contributed by atoms with Gasteiger partial charge in [-0.15, -0.1) is 0 Å². The summed E-state index contributed by atoms with van der Waals surface area (Å²) in [7, 11) is 1.71. The summed E-state index contributed by atoms with van der Waals surface area (Å²) in [5, 5.41) is 0. The van der Waals surface area contributed by atoms with Crippen LogP contribution in [0.15, 0.2) is 48.5 Å². The van der Waals surface area contributed by atoms with Crippen LogP contribution in [0.2, 0.25) is 0 Å². The molecule has 1 amide bonds. The number of benzene rings is 2. The molecule has 0 aliphatic carbocycles. The lowest BCUT2D eigenvalue weighted by Crippen LogP contribution is -2.57. The zero-order valence-electron chi connectivity index (χ0n) is 20.5. The molecule has 1 aliphatic heterocycles. The van der Waals surface area contributed by atoms with Crippen molar-refractivity contribution in [2.24, 2.45) is 0 Å². The maximum Gasteiger partial charge on any atom is 0.253 e. The van der Waals surface area contributed by atoms with Gasteiger partial charge in [0.1, 0.15) is 5.75 Å². The van der Waals surface area contributed by atoms with Crippen molar-refractivity contribution in [2.45, 2.75) is 52.7 Å². The van der Waals surface area contributed by atoms with Gasteiger partial charge in [0.15, 0.2) is 0 Å². The molecule has 0 unspecified atom stereocenters. The van der Waals surface area contributed by atoms with E-state index in [1.54, 1.807) is 7.11 Å². The quantitative estimate of drug-likeness (QED) is 0.601. The second-order valence-corrected chi connectivity index (χ2v) is 8.76. The number of likely N-dealkylation sites (N-methyl/N-ethyl adjacent to an activating group) is 1. The van der Waals surface area contributed by atoms with Gasteiger partial charge in [0.25, 0.3) is 5.91 Å². The lowest BCUT2D eigenvalue weighted by molar-refractivity contribution is 0.0270. The Morgan fingerprint density at radius 3 is 2.28 bits per heavy atom. The van der Waals surface area contributed by atoms with Crippen molar-refractivity contribution in [2.75, 3.05) is 39.8 Å². The molecular formula is C27H39N3O2. The largest absolute Gasteiger partial charge is 0.497 e. The standard InChI is InChI=1S/C27H39N3O2/c1-7-28(8-2)27(31)23-15-13-22(14-16-23)26(24-11-10-12-25(17-24)32-6)30-19-20(4)29(9-3)18-21(30)5/h10-17,20-21,26H,7-9,18-19H2,1-6H3/t20-,21+,26-/m1/s1. The zero-order valence-corrected chi connectivity index (χ0v) is 20.5. The van der Waals surface area contributed by atoms with Gasteiger partial charge in [-0.3, -0.25) is 14.6 Å². The van der Waals surface area contributed by atoms with Crippen LogP contribution in [0.1, 0.15) is 62.1 Å². The molecule has 0 radical (unpaired) electrons. The summed E-state index contributed by atoms with van der Waals surface area (Å²) < 4.78 is 5.54. The second-order valence-electron chi connectivity index (χ2n) is 8.76. The van der Waals surface area contributed by atoms with Crippen LogP contribution in [0.5, 0.6) is 5.75 Å². The Hall–Kier alpha value is -2.37. The molecule has 0 saturated carbocycles. The summed E-state index contributed by atoms with van der Waals surface area (Å²) >= 11 is 0. The fourth-order valence-corrected chi connectivity index (χ4v) is 4.91. The van der Waals surface area contributed by atoms with E-state index in [-0.39, 0.29) is 11.9 Å². The van der Waals surface area contributed by atoms with Crippen LogP contribution in [-0.2, 0) is 0 Å².